The molecule has 5 nitrogen and oxygen atoms in total. The van der Waals surface area contributed by atoms with Gasteiger partial charge in [0.1, 0.15) is 0 Å². The number of nitrogens with one attached hydrogen (secondary N) is 1. The molecule has 0 atom stereocenters. The van der Waals surface area contributed by atoms with Gasteiger partial charge >= 0.3 is 0 Å². The monoisotopic (exact) mass is 439 g/mol. The predicted octanol–water partition coefficient (Wildman–Crippen LogP) is 5.32. The molecule has 0 saturated heterocycles. The first-order valence-corrected chi connectivity index (χ1v) is 9.61. The number of aromatic nitrogens is 2. The molecule has 0 saturated carbocycles. The molecule has 1 aromatic carbocycles. The molecular weight excluding hydrogens is 418 g/mol. The average Bonchev–Trinajstić information content (AvgIpc) is 3.16. The van der Waals surface area contributed by atoms with Crippen molar-refractivity contribution in [3.63, 3.8) is 0 Å². The minimum absolute atomic E-state index is 0. The van der Waals surface area contributed by atoms with Gasteiger partial charge in [-0.3, -0.25) is 0 Å². The molecule has 0 aliphatic carbocycles. The summed E-state index contributed by atoms with van der Waals surface area (Å²) in [4.78, 5) is 12.3. The van der Waals surface area contributed by atoms with E-state index >= 15 is 0 Å². The minimum atomic E-state index is 0. The SMILES string of the molecule is Br.CCN(CC)c1ccc(Nc2nc(-c3sc(N)nc3C)cs2)cc1. The first-order chi connectivity index (χ1) is 11.6. The molecule has 0 radical (unpaired) electrons. The second-order valence-corrected chi connectivity index (χ2v) is 7.24. The van der Waals surface area contributed by atoms with Crippen molar-refractivity contribution in [1.82, 2.24) is 9.97 Å². The van der Waals surface area contributed by atoms with Crippen LogP contribution in [0.4, 0.5) is 21.6 Å². The van der Waals surface area contributed by atoms with Gasteiger partial charge in [0.15, 0.2) is 10.3 Å². The average molecular weight is 440 g/mol. The van der Waals surface area contributed by atoms with Gasteiger partial charge in [-0.2, -0.15) is 0 Å². The fraction of sp³-hybridized carbons (Fsp3) is 0.294. The Morgan fingerprint density at radius 3 is 2.36 bits per heavy atom. The van der Waals surface area contributed by atoms with Crippen LogP contribution < -0.4 is 16.0 Å². The van der Waals surface area contributed by atoms with Crippen LogP contribution in [0.15, 0.2) is 29.6 Å². The number of hydrogen-bond acceptors (Lipinski definition) is 7. The minimum Gasteiger partial charge on any atom is -0.375 e. The molecule has 2 aromatic heterocycles. The maximum atomic E-state index is 5.77. The van der Waals surface area contributed by atoms with Gasteiger partial charge in [0.2, 0.25) is 0 Å². The molecule has 0 aliphatic rings. The van der Waals surface area contributed by atoms with Crippen LogP contribution in [0.3, 0.4) is 0 Å². The summed E-state index contributed by atoms with van der Waals surface area (Å²) in [5.74, 6) is 0. The van der Waals surface area contributed by atoms with Crippen LogP contribution in [0.25, 0.3) is 10.6 Å². The van der Waals surface area contributed by atoms with E-state index in [-0.39, 0.29) is 17.0 Å². The van der Waals surface area contributed by atoms with Crippen molar-refractivity contribution in [3.05, 3.63) is 35.3 Å². The highest BCUT2D eigenvalue weighted by Gasteiger charge is 2.12. The van der Waals surface area contributed by atoms with Crippen LogP contribution in [-0.2, 0) is 0 Å². The van der Waals surface area contributed by atoms with E-state index in [1.54, 1.807) is 11.3 Å². The van der Waals surface area contributed by atoms with Gasteiger partial charge in [0.25, 0.3) is 0 Å². The number of nitrogens with zero attached hydrogens (tertiary/aromatic N) is 3. The van der Waals surface area contributed by atoms with Crippen LogP contribution in [0, 0.1) is 6.92 Å². The third-order valence-corrected chi connectivity index (χ3v) is 5.56. The Kier molecular flexibility index (Phi) is 6.80. The smallest absolute Gasteiger partial charge is 0.187 e. The maximum Gasteiger partial charge on any atom is 0.187 e. The molecule has 3 rings (SSSR count). The molecule has 0 unspecified atom stereocenters. The third kappa shape index (κ3) is 4.50. The van der Waals surface area contributed by atoms with Crippen molar-refractivity contribution in [2.75, 3.05) is 29.0 Å². The Hall–Kier alpha value is -1.64. The van der Waals surface area contributed by atoms with E-state index in [1.165, 1.54) is 17.0 Å². The molecule has 0 aliphatic heterocycles. The van der Waals surface area contributed by atoms with Crippen molar-refractivity contribution >= 4 is 61.3 Å². The van der Waals surface area contributed by atoms with Crippen molar-refractivity contribution in [3.8, 4) is 10.6 Å². The summed E-state index contributed by atoms with van der Waals surface area (Å²) in [5, 5.41) is 6.85. The molecule has 0 amide bonds. The van der Waals surface area contributed by atoms with Crippen molar-refractivity contribution < 1.29 is 0 Å². The number of thiazole rings is 2. The fourth-order valence-corrected chi connectivity index (χ4v) is 4.15. The highest BCUT2D eigenvalue weighted by atomic mass is 79.9. The quantitative estimate of drug-likeness (QED) is 0.543. The summed E-state index contributed by atoms with van der Waals surface area (Å²) in [5.41, 5.74) is 9.90. The topological polar surface area (TPSA) is 67.1 Å². The van der Waals surface area contributed by atoms with E-state index in [0.29, 0.717) is 5.13 Å². The van der Waals surface area contributed by atoms with Gasteiger partial charge in [-0.25, -0.2) is 9.97 Å². The van der Waals surface area contributed by atoms with Crippen LogP contribution in [0.2, 0.25) is 0 Å². The molecule has 3 aromatic rings. The zero-order valence-corrected chi connectivity index (χ0v) is 17.8. The van der Waals surface area contributed by atoms with Crippen LogP contribution >= 0.6 is 39.7 Å². The number of hydrogen-bond donors (Lipinski definition) is 2. The van der Waals surface area contributed by atoms with Gasteiger partial charge in [0, 0.05) is 29.8 Å². The predicted molar refractivity (Wildman–Crippen MR) is 116 cm³/mol. The molecule has 0 spiro atoms. The number of nitrogen functional groups attached to an aromatic ring is 1. The first kappa shape index (κ1) is 19.7. The first-order valence-electron chi connectivity index (χ1n) is 7.91. The van der Waals surface area contributed by atoms with Gasteiger partial charge in [-0.15, -0.1) is 28.3 Å². The maximum absolute atomic E-state index is 5.77. The Bertz CT molecular complexity index is 809. The molecule has 2 heterocycles. The Balaban J connectivity index is 0.00000225. The lowest BCUT2D eigenvalue weighted by molar-refractivity contribution is 0.866. The highest BCUT2D eigenvalue weighted by Crippen LogP contribution is 2.34. The van der Waals surface area contributed by atoms with Gasteiger partial charge < -0.3 is 16.0 Å². The van der Waals surface area contributed by atoms with Gasteiger partial charge in [-0.05, 0) is 45.0 Å². The Morgan fingerprint density at radius 1 is 1.12 bits per heavy atom. The van der Waals surface area contributed by atoms with Crippen molar-refractivity contribution in [2.45, 2.75) is 20.8 Å². The molecule has 0 fully saturated rings. The zero-order chi connectivity index (χ0) is 17.1. The zero-order valence-electron chi connectivity index (χ0n) is 14.4. The summed E-state index contributed by atoms with van der Waals surface area (Å²) in [6.07, 6.45) is 0. The Labute approximate surface area is 166 Å². The van der Waals surface area contributed by atoms with Crippen LogP contribution in [-0.4, -0.2) is 23.1 Å². The number of nitrogens with two attached hydrogens (primary N) is 1. The number of halogens is 1. The molecule has 25 heavy (non-hydrogen) atoms. The van der Waals surface area contributed by atoms with E-state index in [9.17, 15) is 0 Å². The second kappa shape index (κ2) is 8.64. The normalized spacial score (nSPS) is 10.4. The van der Waals surface area contributed by atoms with Crippen LogP contribution in [0.5, 0.6) is 0 Å². The number of anilines is 4. The number of aryl methyl sites for hydroxylation is 1. The summed E-state index contributed by atoms with van der Waals surface area (Å²) in [7, 11) is 0. The molecular formula is C17H22BrN5S2. The fourth-order valence-electron chi connectivity index (χ4n) is 2.56. The van der Waals surface area contributed by atoms with Gasteiger partial charge in [-0.1, -0.05) is 11.3 Å². The van der Waals surface area contributed by atoms with Crippen molar-refractivity contribution in [2.24, 2.45) is 0 Å². The van der Waals surface area contributed by atoms with E-state index in [4.69, 9.17) is 5.73 Å². The Morgan fingerprint density at radius 2 is 1.80 bits per heavy atom. The summed E-state index contributed by atoms with van der Waals surface area (Å²) >= 11 is 3.06. The lowest BCUT2D eigenvalue weighted by Gasteiger charge is -2.21. The largest absolute Gasteiger partial charge is 0.375 e. The summed E-state index contributed by atoms with van der Waals surface area (Å²) in [6, 6.07) is 8.45. The van der Waals surface area contributed by atoms with E-state index in [2.05, 4.69) is 58.3 Å². The van der Waals surface area contributed by atoms with E-state index in [1.807, 2.05) is 12.3 Å². The summed E-state index contributed by atoms with van der Waals surface area (Å²) in [6.45, 7) is 8.31. The third-order valence-electron chi connectivity index (χ3n) is 3.80. The van der Waals surface area contributed by atoms with E-state index in [0.717, 1.165) is 40.2 Å². The molecule has 134 valence electrons. The van der Waals surface area contributed by atoms with Crippen LogP contribution in [0.1, 0.15) is 19.5 Å². The number of rotatable bonds is 6. The molecule has 8 heteroatoms. The van der Waals surface area contributed by atoms with E-state index < -0.39 is 0 Å². The van der Waals surface area contributed by atoms with Gasteiger partial charge in [0.05, 0.1) is 16.3 Å². The molecule has 3 N–H and O–H groups in total. The standard InChI is InChI=1S/C17H21N5S2.BrH/c1-4-22(5-2)13-8-6-12(7-9-13)20-17-21-14(10-23-17)15-11(3)19-16(18)24-15;/h6-10H,4-5H2,1-3H3,(H2,18,19)(H,20,21);1H. The highest BCUT2D eigenvalue weighted by molar-refractivity contribution is 8.93. The number of benzene rings is 1. The molecule has 0 bridgehead atoms. The lowest BCUT2D eigenvalue weighted by Crippen LogP contribution is -2.21. The summed E-state index contributed by atoms with van der Waals surface area (Å²) < 4.78 is 0. The lowest BCUT2D eigenvalue weighted by atomic mass is 10.2. The second-order valence-electron chi connectivity index (χ2n) is 5.35. The van der Waals surface area contributed by atoms with Crippen molar-refractivity contribution in [1.29, 1.82) is 0 Å².